The Bertz CT molecular complexity index is 507. The number of phenolic OH excluding ortho intramolecular Hbond substituents is 1. The number of hydrogen-bond donors (Lipinski definition) is 1. The van der Waals surface area contributed by atoms with Crippen molar-refractivity contribution in [3.05, 3.63) is 35.3 Å². The summed E-state index contributed by atoms with van der Waals surface area (Å²) in [6.07, 6.45) is 1.48. The van der Waals surface area contributed by atoms with Crippen LogP contribution in [-0.4, -0.2) is 19.9 Å². The van der Waals surface area contributed by atoms with Crippen LogP contribution in [0.3, 0.4) is 0 Å². The molecule has 1 N–H and O–H groups in total. The largest absolute Gasteiger partial charge is 0.506 e. The summed E-state index contributed by atoms with van der Waals surface area (Å²) in [5.41, 5.74) is 0.635. The van der Waals surface area contributed by atoms with E-state index in [0.717, 1.165) is 0 Å². The first-order chi connectivity index (χ1) is 7.20. The van der Waals surface area contributed by atoms with E-state index >= 15 is 0 Å². The zero-order valence-corrected chi connectivity index (χ0v) is 7.95. The van der Waals surface area contributed by atoms with E-state index in [-0.39, 0.29) is 11.4 Å². The summed E-state index contributed by atoms with van der Waals surface area (Å²) in [5, 5.41) is 16.3. The molecule has 15 heavy (non-hydrogen) atoms. The SMILES string of the molecule is Cc1ncn(-c2ccc(N=O)cc2O)n1. The smallest absolute Gasteiger partial charge is 0.147 e. The van der Waals surface area contributed by atoms with Gasteiger partial charge in [0.2, 0.25) is 0 Å². The maximum absolute atomic E-state index is 10.2. The van der Waals surface area contributed by atoms with E-state index in [1.54, 1.807) is 13.0 Å². The quantitative estimate of drug-likeness (QED) is 0.754. The van der Waals surface area contributed by atoms with Crippen LogP contribution in [0.5, 0.6) is 5.75 Å². The number of phenols is 1. The number of aromatic nitrogens is 3. The summed E-state index contributed by atoms with van der Waals surface area (Å²) < 4.78 is 1.43. The Kier molecular flexibility index (Phi) is 2.17. The van der Waals surface area contributed by atoms with E-state index in [2.05, 4.69) is 15.3 Å². The van der Waals surface area contributed by atoms with Gasteiger partial charge in [-0.1, -0.05) is 0 Å². The molecule has 1 aromatic carbocycles. The van der Waals surface area contributed by atoms with Gasteiger partial charge in [0, 0.05) is 6.07 Å². The lowest BCUT2D eigenvalue weighted by Gasteiger charge is -2.02. The molecule has 1 heterocycles. The van der Waals surface area contributed by atoms with Crippen molar-refractivity contribution in [2.24, 2.45) is 5.18 Å². The molecule has 6 nitrogen and oxygen atoms in total. The lowest BCUT2D eigenvalue weighted by atomic mass is 10.2. The molecule has 0 unspecified atom stereocenters. The van der Waals surface area contributed by atoms with E-state index in [4.69, 9.17) is 0 Å². The topological polar surface area (TPSA) is 80.4 Å². The number of benzene rings is 1. The summed E-state index contributed by atoms with van der Waals surface area (Å²) in [4.78, 5) is 14.1. The van der Waals surface area contributed by atoms with Crippen LogP contribution in [0.4, 0.5) is 5.69 Å². The first-order valence-corrected chi connectivity index (χ1v) is 4.26. The summed E-state index contributed by atoms with van der Waals surface area (Å²) in [6.45, 7) is 1.74. The molecule has 0 aliphatic carbocycles. The number of nitrogens with zero attached hydrogens (tertiary/aromatic N) is 4. The molecule has 0 aliphatic rings. The molecule has 0 spiro atoms. The highest BCUT2D eigenvalue weighted by atomic mass is 16.3. The zero-order chi connectivity index (χ0) is 10.8. The lowest BCUT2D eigenvalue weighted by molar-refractivity contribution is 0.470. The number of nitroso groups, excluding NO2 is 1. The summed E-state index contributed by atoms with van der Waals surface area (Å²) >= 11 is 0. The molecule has 2 aromatic rings. The van der Waals surface area contributed by atoms with Gasteiger partial charge >= 0.3 is 0 Å². The second-order valence-corrected chi connectivity index (χ2v) is 3.00. The number of aryl methyl sites for hydroxylation is 1. The minimum absolute atomic E-state index is 0.0583. The maximum Gasteiger partial charge on any atom is 0.147 e. The molecule has 76 valence electrons. The standard InChI is InChI=1S/C9H8N4O2/c1-6-10-5-13(11-6)8-3-2-7(12-15)4-9(8)14/h2-5,14H,1H3. The molecule has 0 atom stereocenters. The molecular formula is C9H8N4O2. The monoisotopic (exact) mass is 204 g/mol. The van der Waals surface area contributed by atoms with Crippen molar-refractivity contribution in [1.29, 1.82) is 0 Å². The molecule has 0 saturated carbocycles. The van der Waals surface area contributed by atoms with Crippen molar-refractivity contribution < 1.29 is 5.11 Å². The van der Waals surface area contributed by atoms with Crippen LogP contribution in [0.1, 0.15) is 5.82 Å². The third kappa shape index (κ3) is 1.69. The predicted octanol–water partition coefficient (Wildman–Crippen LogP) is 1.68. The Hall–Kier alpha value is -2.24. The molecule has 0 amide bonds. The van der Waals surface area contributed by atoms with Crippen LogP contribution in [0.15, 0.2) is 29.7 Å². The van der Waals surface area contributed by atoms with Gasteiger partial charge in [0.25, 0.3) is 0 Å². The fourth-order valence-corrected chi connectivity index (χ4v) is 1.22. The molecule has 0 bridgehead atoms. The fourth-order valence-electron chi connectivity index (χ4n) is 1.22. The van der Waals surface area contributed by atoms with Gasteiger partial charge in [-0.15, -0.1) is 4.91 Å². The Morgan fingerprint density at radius 3 is 2.80 bits per heavy atom. The summed E-state index contributed by atoms with van der Waals surface area (Å²) in [7, 11) is 0. The summed E-state index contributed by atoms with van der Waals surface area (Å²) in [6, 6.07) is 4.33. The van der Waals surface area contributed by atoms with Crippen molar-refractivity contribution in [2.75, 3.05) is 0 Å². The van der Waals surface area contributed by atoms with Crippen molar-refractivity contribution in [1.82, 2.24) is 14.8 Å². The van der Waals surface area contributed by atoms with Crippen molar-refractivity contribution >= 4 is 5.69 Å². The summed E-state index contributed by atoms with van der Waals surface area (Å²) in [5.74, 6) is 0.545. The van der Waals surface area contributed by atoms with Crippen molar-refractivity contribution in [3.63, 3.8) is 0 Å². The highest BCUT2D eigenvalue weighted by Gasteiger charge is 2.06. The number of rotatable bonds is 2. The van der Waals surface area contributed by atoms with Crippen LogP contribution in [0.2, 0.25) is 0 Å². The Morgan fingerprint density at radius 2 is 2.27 bits per heavy atom. The van der Waals surface area contributed by atoms with Crippen LogP contribution in [0.25, 0.3) is 5.69 Å². The number of hydrogen-bond acceptors (Lipinski definition) is 5. The first-order valence-electron chi connectivity index (χ1n) is 4.26. The van der Waals surface area contributed by atoms with Crippen molar-refractivity contribution in [3.8, 4) is 11.4 Å². The molecule has 0 saturated heterocycles. The van der Waals surface area contributed by atoms with E-state index in [0.29, 0.717) is 11.5 Å². The zero-order valence-electron chi connectivity index (χ0n) is 7.95. The number of aromatic hydroxyl groups is 1. The van der Waals surface area contributed by atoms with Gasteiger partial charge in [-0.2, -0.15) is 5.10 Å². The van der Waals surface area contributed by atoms with E-state index in [1.807, 2.05) is 0 Å². The molecule has 2 rings (SSSR count). The molecule has 0 radical (unpaired) electrons. The molecule has 0 aliphatic heterocycles. The highest BCUT2D eigenvalue weighted by Crippen LogP contribution is 2.26. The van der Waals surface area contributed by atoms with Gasteiger partial charge in [0.15, 0.2) is 0 Å². The predicted molar refractivity (Wildman–Crippen MR) is 53.2 cm³/mol. The van der Waals surface area contributed by atoms with Crippen LogP contribution >= 0.6 is 0 Å². The van der Waals surface area contributed by atoms with Gasteiger partial charge in [0.05, 0.1) is 0 Å². The normalized spacial score (nSPS) is 10.2. The van der Waals surface area contributed by atoms with Gasteiger partial charge in [0.1, 0.15) is 29.3 Å². The van der Waals surface area contributed by atoms with Gasteiger partial charge in [-0.3, -0.25) is 0 Å². The molecular weight excluding hydrogens is 196 g/mol. The average molecular weight is 204 g/mol. The third-order valence-corrected chi connectivity index (χ3v) is 1.92. The Morgan fingerprint density at radius 1 is 1.47 bits per heavy atom. The van der Waals surface area contributed by atoms with Gasteiger partial charge in [-0.25, -0.2) is 9.67 Å². The maximum atomic E-state index is 10.2. The second kappa shape index (κ2) is 3.49. The molecule has 0 fully saturated rings. The highest BCUT2D eigenvalue weighted by molar-refractivity contribution is 5.54. The Labute approximate surface area is 85.2 Å². The lowest BCUT2D eigenvalue weighted by Crippen LogP contribution is -1.94. The van der Waals surface area contributed by atoms with Crippen LogP contribution < -0.4 is 0 Å². The van der Waals surface area contributed by atoms with Crippen LogP contribution in [0, 0.1) is 11.8 Å². The van der Waals surface area contributed by atoms with Crippen molar-refractivity contribution in [2.45, 2.75) is 6.92 Å². The average Bonchev–Trinajstić information content (AvgIpc) is 2.64. The van der Waals surface area contributed by atoms with E-state index in [9.17, 15) is 10.0 Å². The van der Waals surface area contributed by atoms with E-state index in [1.165, 1.54) is 23.1 Å². The Balaban J connectivity index is 2.49. The van der Waals surface area contributed by atoms with Gasteiger partial charge in [-0.05, 0) is 24.2 Å². The molecule has 6 heteroatoms. The van der Waals surface area contributed by atoms with E-state index < -0.39 is 0 Å². The van der Waals surface area contributed by atoms with Crippen LogP contribution in [-0.2, 0) is 0 Å². The minimum Gasteiger partial charge on any atom is -0.506 e. The minimum atomic E-state index is -0.0583. The molecule has 1 aromatic heterocycles. The second-order valence-electron chi connectivity index (χ2n) is 3.00. The first kappa shape index (κ1) is 9.32. The van der Waals surface area contributed by atoms with Gasteiger partial charge < -0.3 is 5.11 Å². The fraction of sp³-hybridized carbons (Fsp3) is 0.111. The third-order valence-electron chi connectivity index (χ3n) is 1.92.